The second-order valence-corrected chi connectivity index (χ2v) is 8.53. The maximum atomic E-state index is 6.11. The van der Waals surface area contributed by atoms with Crippen molar-refractivity contribution in [2.75, 3.05) is 37.6 Å². The standard InChI is InChI=1S/C21H29ClN4O/c1-15-12-25(13-16(2)27-15)8-5-17-6-9-26(10-7-17)21-19-4-3-18(22)11-20(19)23-14-24-21/h3-4,11,14-17H,5-10,12-13H2,1-2H3. The molecule has 0 spiro atoms. The highest BCUT2D eigenvalue weighted by molar-refractivity contribution is 6.31. The van der Waals surface area contributed by atoms with E-state index in [1.54, 1.807) is 6.33 Å². The Hall–Kier alpha value is -1.43. The van der Waals surface area contributed by atoms with Crippen LogP contribution in [0.2, 0.25) is 5.02 Å². The van der Waals surface area contributed by atoms with E-state index in [4.69, 9.17) is 16.3 Å². The number of benzene rings is 1. The largest absolute Gasteiger partial charge is 0.373 e. The molecule has 0 N–H and O–H groups in total. The normalized spacial score (nSPS) is 25.2. The van der Waals surface area contributed by atoms with Crippen LogP contribution in [-0.2, 0) is 4.74 Å². The van der Waals surface area contributed by atoms with E-state index in [-0.39, 0.29) is 0 Å². The Bertz CT molecular complexity index is 768. The third kappa shape index (κ3) is 4.53. The number of morpholine rings is 1. The average molecular weight is 389 g/mol. The molecule has 0 radical (unpaired) electrons. The Balaban J connectivity index is 1.33. The first-order valence-electron chi connectivity index (χ1n) is 10.1. The highest BCUT2D eigenvalue weighted by atomic mass is 35.5. The van der Waals surface area contributed by atoms with Crippen molar-refractivity contribution in [3.8, 4) is 0 Å². The molecule has 0 amide bonds. The van der Waals surface area contributed by atoms with Crippen LogP contribution in [0.3, 0.4) is 0 Å². The third-order valence-electron chi connectivity index (χ3n) is 5.84. The van der Waals surface area contributed by atoms with Crippen molar-refractivity contribution in [2.24, 2.45) is 5.92 Å². The number of fused-ring (bicyclic) bond motifs is 1. The summed E-state index contributed by atoms with van der Waals surface area (Å²) in [6, 6.07) is 5.88. The van der Waals surface area contributed by atoms with Gasteiger partial charge in [0, 0.05) is 36.6 Å². The number of ether oxygens (including phenoxy) is 1. The van der Waals surface area contributed by atoms with E-state index in [1.807, 2.05) is 18.2 Å². The molecule has 0 aliphatic carbocycles. The topological polar surface area (TPSA) is 41.5 Å². The highest BCUT2D eigenvalue weighted by Gasteiger charge is 2.25. The molecule has 146 valence electrons. The molecule has 4 rings (SSSR count). The maximum absolute atomic E-state index is 6.11. The first kappa shape index (κ1) is 18.9. The molecule has 2 unspecified atom stereocenters. The van der Waals surface area contributed by atoms with Crippen molar-refractivity contribution >= 4 is 28.3 Å². The number of hydrogen-bond acceptors (Lipinski definition) is 5. The Morgan fingerprint density at radius 1 is 1.11 bits per heavy atom. The van der Waals surface area contributed by atoms with E-state index >= 15 is 0 Å². The zero-order valence-electron chi connectivity index (χ0n) is 16.3. The maximum Gasteiger partial charge on any atom is 0.139 e. The smallest absolute Gasteiger partial charge is 0.139 e. The molecule has 2 aliphatic rings. The lowest BCUT2D eigenvalue weighted by molar-refractivity contribution is -0.0690. The van der Waals surface area contributed by atoms with Gasteiger partial charge in [-0.3, -0.25) is 4.90 Å². The Labute approximate surface area is 166 Å². The lowest BCUT2D eigenvalue weighted by Crippen LogP contribution is -2.46. The molecular weight excluding hydrogens is 360 g/mol. The summed E-state index contributed by atoms with van der Waals surface area (Å²) in [4.78, 5) is 13.9. The second-order valence-electron chi connectivity index (χ2n) is 8.09. The average Bonchev–Trinajstić information content (AvgIpc) is 2.65. The minimum absolute atomic E-state index is 0.357. The summed E-state index contributed by atoms with van der Waals surface area (Å²) in [6.07, 6.45) is 6.11. The number of halogens is 1. The van der Waals surface area contributed by atoms with Crippen LogP contribution in [0.4, 0.5) is 5.82 Å². The van der Waals surface area contributed by atoms with E-state index in [2.05, 4.69) is 33.6 Å². The first-order chi connectivity index (χ1) is 13.1. The Morgan fingerprint density at radius 2 is 1.85 bits per heavy atom. The minimum Gasteiger partial charge on any atom is -0.373 e. The van der Waals surface area contributed by atoms with Gasteiger partial charge in [0.05, 0.1) is 17.7 Å². The van der Waals surface area contributed by atoms with Gasteiger partial charge >= 0.3 is 0 Å². The van der Waals surface area contributed by atoms with Gasteiger partial charge in [-0.05, 0) is 63.8 Å². The fourth-order valence-corrected chi connectivity index (χ4v) is 4.70. The van der Waals surface area contributed by atoms with Gasteiger partial charge in [-0.2, -0.15) is 0 Å². The SMILES string of the molecule is CC1CN(CCC2CCN(c3ncnc4cc(Cl)ccc34)CC2)CC(C)O1. The van der Waals surface area contributed by atoms with E-state index in [0.717, 1.165) is 53.8 Å². The quantitative estimate of drug-likeness (QED) is 0.791. The van der Waals surface area contributed by atoms with Crippen LogP contribution < -0.4 is 4.90 Å². The van der Waals surface area contributed by atoms with Crippen LogP contribution in [0.25, 0.3) is 10.9 Å². The van der Waals surface area contributed by atoms with Crippen LogP contribution in [0.15, 0.2) is 24.5 Å². The van der Waals surface area contributed by atoms with Crippen LogP contribution >= 0.6 is 11.6 Å². The summed E-state index contributed by atoms with van der Waals surface area (Å²) < 4.78 is 5.85. The molecule has 2 fully saturated rings. The zero-order chi connectivity index (χ0) is 18.8. The molecule has 2 atom stereocenters. The molecule has 2 saturated heterocycles. The van der Waals surface area contributed by atoms with E-state index in [0.29, 0.717) is 12.2 Å². The number of nitrogens with zero attached hydrogens (tertiary/aromatic N) is 4. The van der Waals surface area contributed by atoms with Gasteiger partial charge in [0.1, 0.15) is 12.1 Å². The zero-order valence-corrected chi connectivity index (χ0v) is 17.0. The van der Waals surface area contributed by atoms with Gasteiger partial charge in [-0.25, -0.2) is 9.97 Å². The second kappa shape index (κ2) is 8.29. The fraction of sp³-hybridized carbons (Fsp3) is 0.619. The number of piperidine rings is 1. The molecule has 0 bridgehead atoms. The van der Waals surface area contributed by atoms with E-state index < -0.39 is 0 Å². The molecule has 2 aromatic rings. The minimum atomic E-state index is 0.357. The van der Waals surface area contributed by atoms with Crippen LogP contribution in [0.1, 0.15) is 33.1 Å². The van der Waals surface area contributed by atoms with Gasteiger partial charge in [0.15, 0.2) is 0 Å². The Kier molecular flexibility index (Phi) is 5.81. The van der Waals surface area contributed by atoms with Crippen molar-refractivity contribution in [1.82, 2.24) is 14.9 Å². The van der Waals surface area contributed by atoms with Gasteiger partial charge < -0.3 is 9.64 Å². The summed E-state index contributed by atoms with van der Waals surface area (Å²) in [5, 5.41) is 1.81. The molecule has 3 heterocycles. The lowest BCUT2D eigenvalue weighted by Gasteiger charge is -2.37. The first-order valence-corrected chi connectivity index (χ1v) is 10.5. The number of hydrogen-bond donors (Lipinski definition) is 0. The molecule has 5 nitrogen and oxygen atoms in total. The van der Waals surface area contributed by atoms with Gasteiger partial charge in [0.25, 0.3) is 0 Å². The lowest BCUT2D eigenvalue weighted by atomic mass is 9.93. The monoisotopic (exact) mass is 388 g/mol. The number of anilines is 1. The molecule has 27 heavy (non-hydrogen) atoms. The summed E-state index contributed by atoms with van der Waals surface area (Å²) in [6.45, 7) is 9.82. The number of aromatic nitrogens is 2. The predicted octanol–water partition coefficient (Wildman–Crippen LogP) is 4.00. The summed E-state index contributed by atoms with van der Waals surface area (Å²) in [7, 11) is 0. The number of rotatable bonds is 4. The molecule has 0 saturated carbocycles. The van der Waals surface area contributed by atoms with E-state index in [9.17, 15) is 0 Å². The molecule has 1 aromatic heterocycles. The third-order valence-corrected chi connectivity index (χ3v) is 6.08. The summed E-state index contributed by atoms with van der Waals surface area (Å²) in [5.41, 5.74) is 0.921. The van der Waals surface area contributed by atoms with Gasteiger partial charge in [0.2, 0.25) is 0 Å². The van der Waals surface area contributed by atoms with Crippen LogP contribution in [-0.4, -0.2) is 59.8 Å². The fourth-order valence-electron chi connectivity index (χ4n) is 4.53. The van der Waals surface area contributed by atoms with Crippen molar-refractivity contribution in [3.05, 3.63) is 29.5 Å². The van der Waals surface area contributed by atoms with Crippen LogP contribution in [0.5, 0.6) is 0 Å². The Morgan fingerprint density at radius 3 is 2.59 bits per heavy atom. The van der Waals surface area contributed by atoms with Gasteiger partial charge in [-0.1, -0.05) is 11.6 Å². The highest BCUT2D eigenvalue weighted by Crippen LogP contribution is 2.30. The molecule has 6 heteroatoms. The molecular formula is C21H29ClN4O. The van der Waals surface area contributed by atoms with Crippen molar-refractivity contribution < 1.29 is 4.74 Å². The predicted molar refractivity (Wildman–Crippen MR) is 111 cm³/mol. The van der Waals surface area contributed by atoms with Crippen molar-refractivity contribution in [2.45, 2.75) is 45.3 Å². The van der Waals surface area contributed by atoms with E-state index in [1.165, 1.54) is 25.8 Å². The van der Waals surface area contributed by atoms with Crippen molar-refractivity contribution in [3.63, 3.8) is 0 Å². The van der Waals surface area contributed by atoms with Crippen LogP contribution in [0, 0.1) is 5.92 Å². The summed E-state index contributed by atoms with van der Waals surface area (Å²) in [5.74, 6) is 1.85. The molecule has 1 aromatic carbocycles. The molecule has 2 aliphatic heterocycles. The van der Waals surface area contributed by atoms with Gasteiger partial charge in [-0.15, -0.1) is 0 Å². The summed E-state index contributed by atoms with van der Waals surface area (Å²) >= 11 is 6.11. The van der Waals surface area contributed by atoms with Crippen molar-refractivity contribution in [1.29, 1.82) is 0 Å².